The highest BCUT2D eigenvalue weighted by molar-refractivity contribution is 7.92. The van der Waals surface area contributed by atoms with Crippen LogP contribution in [-0.2, 0) is 32.6 Å². The molecule has 0 saturated heterocycles. The predicted molar refractivity (Wildman–Crippen MR) is 164 cm³/mol. The van der Waals surface area contributed by atoms with Crippen LogP contribution in [0.4, 0.5) is 5.69 Å². The van der Waals surface area contributed by atoms with Gasteiger partial charge in [0.2, 0.25) is 21.8 Å². The minimum atomic E-state index is -3.82. The highest BCUT2D eigenvalue weighted by atomic mass is 35.5. The molecule has 7 nitrogen and oxygen atoms in total. The number of carbonyl (C=O) groups excluding carboxylic acids is 2. The van der Waals surface area contributed by atoms with E-state index in [0.29, 0.717) is 10.7 Å². The second kappa shape index (κ2) is 13.5. The van der Waals surface area contributed by atoms with E-state index >= 15 is 0 Å². The minimum absolute atomic E-state index is 0.0620. The molecule has 0 aliphatic heterocycles. The van der Waals surface area contributed by atoms with Crippen molar-refractivity contribution in [1.29, 1.82) is 0 Å². The lowest BCUT2D eigenvalue weighted by atomic mass is 10.0. The number of anilines is 1. The lowest BCUT2D eigenvalue weighted by Crippen LogP contribution is -2.54. The first kappa shape index (κ1) is 30.6. The second-order valence-corrected chi connectivity index (χ2v) is 13.2. The Balaban J connectivity index is 1.73. The van der Waals surface area contributed by atoms with Crippen LogP contribution in [0, 0.1) is 13.8 Å². The molecule has 2 amide bonds. The molecule has 0 unspecified atom stereocenters. The third-order valence-corrected chi connectivity index (χ3v) is 9.05. The highest BCUT2D eigenvalue weighted by Gasteiger charge is 2.34. The lowest BCUT2D eigenvalue weighted by Gasteiger charge is -2.34. The van der Waals surface area contributed by atoms with Crippen molar-refractivity contribution < 1.29 is 18.0 Å². The van der Waals surface area contributed by atoms with Gasteiger partial charge in [-0.2, -0.15) is 0 Å². The molecule has 41 heavy (non-hydrogen) atoms. The number of sulfonamides is 1. The maximum Gasteiger partial charge on any atom is 0.244 e. The van der Waals surface area contributed by atoms with Gasteiger partial charge >= 0.3 is 0 Å². The average molecular weight is 596 g/mol. The van der Waals surface area contributed by atoms with Crippen molar-refractivity contribution in [3.8, 4) is 0 Å². The Morgan fingerprint density at radius 3 is 2.24 bits per heavy atom. The number of aryl methyl sites for hydroxylation is 2. The molecule has 1 N–H and O–H groups in total. The molecule has 1 saturated carbocycles. The summed E-state index contributed by atoms with van der Waals surface area (Å²) in [5.74, 6) is -0.718. The van der Waals surface area contributed by atoms with Gasteiger partial charge in [0, 0.05) is 24.0 Å². The van der Waals surface area contributed by atoms with Crippen LogP contribution in [-0.4, -0.2) is 50.0 Å². The molecule has 1 aliphatic carbocycles. The van der Waals surface area contributed by atoms with E-state index in [1.807, 2.05) is 56.3 Å². The molecule has 3 aromatic carbocycles. The Morgan fingerprint density at radius 2 is 1.61 bits per heavy atom. The Kier molecular flexibility index (Phi) is 10.1. The van der Waals surface area contributed by atoms with Crippen molar-refractivity contribution in [2.24, 2.45) is 0 Å². The number of halogens is 1. The van der Waals surface area contributed by atoms with Crippen LogP contribution in [0.15, 0.2) is 72.8 Å². The molecule has 1 atom stereocenters. The van der Waals surface area contributed by atoms with Crippen LogP contribution in [0.3, 0.4) is 0 Å². The van der Waals surface area contributed by atoms with Crippen molar-refractivity contribution >= 4 is 39.1 Å². The summed E-state index contributed by atoms with van der Waals surface area (Å²) in [4.78, 5) is 29.6. The van der Waals surface area contributed by atoms with Gasteiger partial charge in [-0.05, 0) is 73.2 Å². The second-order valence-electron chi connectivity index (χ2n) is 10.9. The first-order chi connectivity index (χ1) is 19.5. The van der Waals surface area contributed by atoms with Crippen molar-refractivity contribution in [3.05, 3.63) is 100 Å². The Hall–Kier alpha value is -3.36. The molecule has 0 aromatic heterocycles. The summed E-state index contributed by atoms with van der Waals surface area (Å²) in [6, 6.07) is 21.2. The standard InChI is InChI=1S/C32H38ClN3O4S/c1-23-16-17-29(18-24(23)2)36(41(3,39)40)22-31(37)35(21-26-12-9-13-27(33)19-26)30(20-25-10-5-4-6-11-25)32(38)34-28-14-7-8-15-28/h4-6,9-13,16-19,28,30H,7-8,14-15,20-22H2,1-3H3,(H,34,38)/t30-/m0/s1. The summed E-state index contributed by atoms with van der Waals surface area (Å²) in [6.45, 7) is 3.50. The molecule has 0 bridgehead atoms. The van der Waals surface area contributed by atoms with E-state index in [-0.39, 0.29) is 24.9 Å². The first-order valence-corrected chi connectivity index (χ1v) is 16.2. The minimum Gasteiger partial charge on any atom is -0.352 e. The summed E-state index contributed by atoms with van der Waals surface area (Å²) < 4.78 is 27.1. The normalized spacial score (nSPS) is 14.4. The number of nitrogens with one attached hydrogen (secondary N) is 1. The number of benzene rings is 3. The topological polar surface area (TPSA) is 86.8 Å². The number of amides is 2. The third kappa shape index (κ3) is 8.33. The van der Waals surface area contributed by atoms with E-state index in [4.69, 9.17) is 11.6 Å². The maximum atomic E-state index is 14.2. The van der Waals surface area contributed by atoms with Gasteiger partial charge in [-0.1, -0.05) is 73.0 Å². The number of hydrogen-bond acceptors (Lipinski definition) is 4. The van der Waals surface area contributed by atoms with Crippen LogP contribution in [0.25, 0.3) is 0 Å². The Labute approximate surface area is 248 Å². The molecule has 0 heterocycles. The fourth-order valence-electron chi connectivity index (χ4n) is 5.25. The van der Waals surface area contributed by atoms with Crippen LogP contribution in [0.2, 0.25) is 5.02 Å². The predicted octanol–water partition coefficient (Wildman–Crippen LogP) is 5.42. The molecule has 3 aromatic rings. The number of carbonyl (C=O) groups is 2. The van der Waals surface area contributed by atoms with Gasteiger partial charge in [-0.15, -0.1) is 0 Å². The number of hydrogen-bond donors (Lipinski definition) is 1. The van der Waals surface area contributed by atoms with Gasteiger partial charge in [0.1, 0.15) is 12.6 Å². The zero-order valence-corrected chi connectivity index (χ0v) is 25.4. The van der Waals surface area contributed by atoms with Crippen LogP contribution in [0.1, 0.15) is 47.9 Å². The monoisotopic (exact) mass is 595 g/mol. The van der Waals surface area contributed by atoms with Gasteiger partial charge < -0.3 is 10.2 Å². The lowest BCUT2D eigenvalue weighted by molar-refractivity contribution is -0.140. The Bertz CT molecular complexity index is 1470. The smallest absolute Gasteiger partial charge is 0.244 e. The Morgan fingerprint density at radius 1 is 0.927 bits per heavy atom. The molecular formula is C32H38ClN3O4S. The molecule has 4 rings (SSSR count). The van der Waals surface area contributed by atoms with Crippen molar-refractivity contribution in [2.75, 3.05) is 17.1 Å². The summed E-state index contributed by atoms with van der Waals surface area (Å²) in [6.07, 6.45) is 5.29. The zero-order chi connectivity index (χ0) is 29.6. The molecule has 218 valence electrons. The van der Waals surface area contributed by atoms with E-state index in [1.165, 1.54) is 4.90 Å². The van der Waals surface area contributed by atoms with Crippen molar-refractivity contribution in [3.63, 3.8) is 0 Å². The summed E-state index contributed by atoms with van der Waals surface area (Å²) in [7, 11) is -3.82. The number of nitrogens with zero attached hydrogens (tertiary/aromatic N) is 2. The van der Waals surface area contributed by atoms with Crippen molar-refractivity contribution in [1.82, 2.24) is 10.2 Å². The molecule has 1 fully saturated rings. The first-order valence-electron chi connectivity index (χ1n) is 13.9. The zero-order valence-electron chi connectivity index (χ0n) is 23.8. The molecule has 1 aliphatic rings. The van der Waals surface area contributed by atoms with Crippen molar-refractivity contribution in [2.45, 2.75) is 64.6 Å². The van der Waals surface area contributed by atoms with Gasteiger partial charge in [-0.3, -0.25) is 13.9 Å². The van der Waals surface area contributed by atoms with E-state index < -0.39 is 28.5 Å². The largest absolute Gasteiger partial charge is 0.352 e. The summed E-state index contributed by atoms with van der Waals surface area (Å²) in [5, 5.41) is 3.68. The fraction of sp³-hybridized carbons (Fsp3) is 0.375. The van der Waals surface area contributed by atoms with Crippen LogP contribution in [0.5, 0.6) is 0 Å². The molecule has 0 spiro atoms. The van der Waals surface area contributed by atoms with Gasteiger partial charge in [-0.25, -0.2) is 8.42 Å². The maximum absolute atomic E-state index is 14.2. The number of rotatable bonds is 11. The van der Waals surface area contributed by atoms with E-state index in [2.05, 4.69) is 5.32 Å². The van der Waals surface area contributed by atoms with Crippen LogP contribution < -0.4 is 9.62 Å². The SMILES string of the molecule is Cc1ccc(N(CC(=O)N(Cc2cccc(Cl)c2)[C@@H](Cc2ccccc2)C(=O)NC2CCCC2)S(C)(=O)=O)cc1C. The summed E-state index contributed by atoms with van der Waals surface area (Å²) >= 11 is 6.27. The quantitative estimate of drug-likeness (QED) is 0.321. The van der Waals surface area contributed by atoms with Crippen LogP contribution >= 0.6 is 11.6 Å². The van der Waals surface area contributed by atoms with E-state index in [1.54, 1.807) is 30.3 Å². The summed E-state index contributed by atoms with van der Waals surface area (Å²) in [5.41, 5.74) is 3.98. The molecular weight excluding hydrogens is 558 g/mol. The van der Waals surface area contributed by atoms with Gasteiger partial charge in [0.15, 0.2) is 0 Å². The molecule has 0 radical (unpaired) electrons. The molecule has 9 heteroatoms. The third-order valence-electron chi connectivity index (χ3n) is 7.67. The average Bonchev–Trinajstić information content (AvgIpc) is 3.44. The van der Waals surface area contributed by atoms with E-state index in [9.17, 15) is 18.0 Å². The highest BCUT2D eigenvalue weighted by Crippen LogP contribution is 2.24. The van der Waals surface area contributed by atoms with E-state index in [0.717, 1.165) is 58.5 Å². The fourth-order valence-corrected chi connectivity index (χ4v) is 6.30. The van der Waals surface area contributed by atoms with Gasteiger partial charge in [0.25, 0.3) is 0 Å². The van der Waals surface area contributed by atoms with Gasteiger partial charge in [0.05, 0.1) is 11.9 Å².